The van der Waals surface area contributed by atoms with Gasteiger partial charge < -0.3 is 15.3 Å². The summed E-state index contributed by atoms with van der Waals surface area (Å²) in [7, 11) is 3.79. The number of hydrogen-bond acceptors (Lipinski definition) is 3. The van der Waals surface area contributed by atoms with E-state index in [1.54, 1.807) is 0 Å². The number of aliphatic carboxylic acids is 1. The number of likely N-dealkylation sites (tertiary alicyclic amines) is 1. The number of nitrogens with one attached hydrogen (secondary N) is 1. The molecule has 1 aliphatic rings. The van der Waals surface area contributed by atoms with Crippen LogP contribution >= 0.6 is 0 Å². The Kier molecular flexibility index (Phi) is 3.05. The van der Waals surface area contributed by atoms with Crippen LogP contribution in [0.2, 0.25) is 0 Å². The largest absolute Gasteiger partial charge is 0.481 e. The number of hydrogen-bond donors (Lipinski definition) is 2. The lowest BCUT2D eigenvalue weighted by Gasteiger charge is -2.33. The van der Waals surface area contributed by atoms with Crippen molar-refractivity contribution in [1.82, 2.24) is 10.2 Å². The van der Waals surface area contributed by atoms with Gasteiger partial charge in [0.15, 0.2) is 0 Å². The smallest absolute Gasteiger partial charge is 0.309 e. The van der Waals surface area contributed by atoms with Gasteiger partial charge in [-0.3, -0.25) is 4.79 Å². The van der Waals surface area contributed by atoms with E-state index in [2.05, 4.69) is 10.2 Å². The number of carboxylic acid groups (broad SMARTS) is 1. The molecule has 2 unspecified atom stereocenters. The van der Waals surface area contributed by atoms with Gasteiger partial charge in [0.25, 0.3) is 0 Å². The predicted octanol–water partition coefficient (Wildman–Crippen LogP) is -0.389. The Hall–Kier alpha value is -0.610. The maximum atomic E-state index is 10.8. The number of piperidine rings is 1. The Bertz CT molecular complexity index is 172. The highest BCUT2D eigenvalue weighted by Gasteiger charge is 2.31. The number of nitrogens with zero attached hydrogens (tertiary/aromatic N) is 1. The third-order valence-corrected chi connectivity index (χ3v) is 2.50. The minimum Gasteiger partial charge on any atom is -0.481 e. The molecular weight excluding hydrogens is 156 g/mol. The molecule has 2 N–H and O–H groups in total. The first-order chi connectivity index (χ1) is 5.65. The third kappa shape index (κ3) is 1.95. The zero-order valence-electron chi connectivity index (χ0n) is 7.58. The summed E-state index contributed by atoms with van der Waals surface area (Å²) in [6, 6.07) is 0.138. The maximum absolute atomic E-state index is 10.8. The van der Waals surface area contributed by atoms with Crippen molar-refractivity contribution in [3.8, 4) is 0 Å². The van der Waals surface area contributed by atoms with E-state index in [1.165, 1.54) is 0 Å². The highest BCUT2D eigenvalue weighted by atomic mass is 16.4. The molecule has 2 atom stereocenters. The molecule has 1 fully saturated rings. The van der Waals surface area contributed by atoms with Crippen LogP contribution in [0.15, 0.2) is 0 Å². The van der Waals surface area contributed by atoms with Gasteiger partial charge >= 0.3 is 5.97 Å². The molecule has 12 heavy (non-hydrogen) atoms. The van der Waals surface area contributed by atoms with E-state index in [1.807, 2.05) is 14.1 Å². The monoisotopic (exact) mass is 172 g/mol. The van der Waals surface area contributed by atoms with Crippen LogP contribution in [-0.4, -0.2) is 49.2 Å². The second-order valence-electron chi connectivity index (χ2n) is 3.39. The summed E-state index contributed by atoms with van der Waals surface area (Å²) in [4.78, 5) is 12.9. The topological polar surface area (TPSA) is 52.6 Å². The third-order valence-electron chi connectivity index (χ3n) is 2.50. The van der Waals surface area contributed by atoms with E-state index in [0.29, 0.717) is 6.54 Å². The van der Waals surface area contributed by atoms with Crippen LogP contribution in [0.4, 0.5) is 0 Å². The molecule has 0 aromatic rings. The lowest BCUT2D eigenvalue weighted by atomic mass is 9.93. The zero-order valence-corrected chi connectivity index (χ0v) is 7.58. The van der Waals surface area contributed by atoms with E-state index in [0.717, 1.165) is 13.0 Å². The summed E-state index contributed by atoms with van der Waals surface area (Å²) >= 11 is 0. The average molecular weight is 172 g/mol. The predicted molar refractivity (Wildman–Crippen MR) is 46.1 cm³/mol. The molecule has 4 heteroatoms. The molecular formula is C8H16N2O2. The van der Waals surface area contributed by atoms with Gasteiger partial charge in [0, 0.05) is 12.6 Å². The first-order valence-electron chi connectivity index (χ1n) is 4.23. The molecule has 0 aliphatic carbocycles. The Morgan fingerprint density at radius 2 is 2.33 bits per heavy atom. The van der Waals surface area contributed by atoms with Crippen LogP contribution in [0.5, 0.6) is 0 Å². The van der Waals surface area contributed by atoms with Crippen LogP contribution in [0.25, 0.3) is 0 Å². The average Bonchev–Trinajstić information content (AvgIpc) is 2.04. The van der Waals surface area contributed by atoms with E-state index in [4.69, 9.17) is 5.11 Å². The summed E-state index contributed by atoms with van der Waals surface area (Å²) in [6.45, 7) is 1.64. The fourth-order valence-electron chi connectivity index (χ4n) is 1.71. The van der Waals surface area contributed by atoms with Gasteiger partial charge in [-0.1, -0.05) is 0 Å². The molecule has 0 saturated carbocycles. The summed E-state index contributed by atoms with van der Waals surface area (Å²) < 4.78 is 0. The van der Waals surface area contributed by atoms with Crippen molar-refractivity contribution in [2.45, 2.75) is 12.5 Å². The molecule has 1 saturated heterocycles. The Morgan fingerprint density at radius 3 is 2.83 bits per heavy atom. The minimum absolute atomic E-state index is 0.138. The SMILES string of the molecule is CNC1CCN(C)CC1C(=O)O. The second kappa shape index (κ2) is 3.87. The van der Waals surface area contributed by atoms with Crippen LogP contribution in [0, 0.1) is 5.92 Å². The lowest BCUT2D eigenvalue weighted by Crippen LogP contribution is -2.50. The number of carbonyl (C=O) groups is 1. The fourth-order valence-corrected chi connectivity index (χ4v) is 1.71. The molecule has 1 heterocycles. The quantitative estimate of drug-likeness (QED) is 0.595. The molecule has 1 rings (SSSR count). The Balaban J connectivity index is 2.58. The molecule has 0 amide bonds. The molecule has 0 radical (unpaired) electrons. The van der Waals surface area contributed by atoms with Crippen LogP contribution in [0.1, 0.15) is 6.42 Å². The van der Waals surface area contributed by atoms with Crippen molar-refractivity contribution >= 4 is 5.97 Å². The Labute approximate surface area is 72.6 Å². The second-order valence-corrected chi connectivity index (χ2v) is 3.39. The van der Waals surface area contributed by atoms with Gasteiger partial charge in [-0.2, -0.15) is 0 Å². The van der Waals surface area contributed by atoms with Gasteiger partial charge in [-0.15, -0.1) is 0 Å². The van der Waals surface area contributed by atoms with E-state index >= 15 is 0 Å². The van der Waals surface area contributed by atoms with Crippen molar-refractivity contribution in [2.75, 3.05) is 27.2 Å². The summed E-state index contributed by atoms with van der Waals surface area (Å²) in [5.74, 6) is -0.949. The zero-order chi connectivity index (χ0) is 9.14. The van der Waals surface area contributed by atoms with E-state index < -0.39 is 5.97 Å². The van der Waals surface area contributed by atoms with E-state index in [9.17, 15) is 4.79 Å². The molecule has 0 aromatic heterocycles. The summed E-state index contributed by atoms with van der Waals surface area (Å²) in [5, 5.41) is 11.9. The summed E-state index contributed by atoms with van der Waals surface area (Å²) in [6.07, 6.45) is 0.921. The maximum Gasteiger partial charge on any atom is 0.309 e. The molecule has 0 aromatic carbocycles. The van der Waals surface area contributed by atoms with Crippen LogP contribution in [-0.2, 0) is 4.79 Å². The molecule has 0 bridgehead atoms. The van der Waals surface area contributed by atoms with Crippen molar-refractivity contribution in [3.05, 3.63) is 0 Å². The molecule has 0 spiro atoms. The highest BCUT2D eigenvalue weighted by molar-refractivity contribution is 5.71. The minimum atomic E-state index is -0.694. The normalized spacial score (nSPS) is 31.8. The highest BCUT2D eigenvalue weighted by Crippen LogP contribution is 2.15. The Morgan fingerprint density at radius 1 is 1.67 bits per heavy atom. The standard InChI is InChI=1S/C8H16N2O2/c1-9-7-3-4-10(2)5-6(7)8(11)12/h6-7,9H,3-5H2,1-2H3,(H,11,12). The molecule has 70 valence electrons. The molecule has 1 aliphatic heterocycles. The van der Waals surface area contributed by atoms with Gasteiger partial charge in [0.05, 0.1) is 5.92 Å². The van der Waals surface area contributed by atoms with Crippen molar-refractivity contribution < 1.29 is 9.90 Å². The van der Waals surface area contributed by atoms with Crippen molar-refractivity contribution in [3.63, 3.8) is 0 Å². The first kappa shape index (κ1) is 9.48. The van der Waals surface area contributed by atoms with E-state index in [-0.39, 0.29) is 12.0 Å². The van der Waals surface area contributed by atoms with Gasteiger partial charge in [-0.25, -0.2) is 0 Å². The van der Waals surface area contributed by atoms with Crippen LogP contribution in [0.3, 0.4) is 0 Å². The summed E-state index contributed by atoms with van der Waals surface area (Å²) in [5.41, 5.74) is 0. The van der Waals surface area contributed by atoms with Gasteiger partial charge in [-0.05, 0) is 27.1 Å². The molecule has 4 nitrogen and oxygen atoms in total. The van der Waals surface area contributed by atoms with Crippen LogP contribution < -0.4 is 5.32 Å². The number of rotatable bonds is 2. The van der Waals surface area contributed by atoms with Gasteiger partial charge in [0.2, 0.25) is 0 Å². The van der Waals surface area contributed by atoms with Crippen molar-refractivity contribution in [1.29, 1.82) is 0 Å². The lowest BCUT2D eigenvalue weighted by molar-refractivity contribution is -0.144. The number of carboxylic acids is 1. The first-order valence-corrected chi connectivity index (χ1v) is 4.23. The fraction of sp³-hybridized carbons (Fsp3) is 0.875. The van der Waals surface area contributed by atoms with Crippen molar-refractivity contribution in [2.24, 2.45) is 5.92 Å². The van der Waals surface area contributed by atoms with Gasteiger partial charge in [0.1, 0.15) is 0 Å².